The lowest BCUT2D eigenvalue weighted by Gasteiger charge is -2.23. The maximum absolute atomic E-state index is 15.4. The molecule has 0 bridgehead atoms. The summed E-state index contributed by atoms with van der Waals surface area (Å²) in [4.78, 5) is 20.2. The minimum absolute atomic E-state index is 0.00364. The molecular formula is C23H24F2N2O4. The first-order valence-electron chi connectivity index (χ1n) is 10.2. The number of fused-ring (bicyclic) bond motifs is 1. The van der Waals surface area contributed by atoms with Crippen LogP contribution in [0, 0.1) is 11.6 Å². The molecule has 2 aromatic carbocycles. The summed E-state index contributed by atoms with van der Waals surface area (Å²) in [6.45, 7) is 1.16. The largest absolute Gasteiger partial charge is 0.382 e. The molecule has 6 nitrogen and oxygen atoms in total. The van der Waals surface area contributed by atoms with E-state index in [2.05, 4.69) is 10.5 Å². The van der Waals surface area contributed by atoms with Crippen molar-refractivity contribution in [2.75, 3.05) is 26.9 Å². The van der Waals surface area contributed by atoms with E-state index in [0.29, 0.717) is 12.2 Å². The molecule has 1 fully saturated rings. The highest BCUT2D eigenvalue weighted by molar-refractivity contribution is 6.07. The molecule has 1 amide bonds. The molecule has 3 aromatic rings. The summed E-state index contributed by atoms with van der Waals surface area (Å²) in [6, 6.07) is 8.22. The molecule has 8 heteroatoms. The van der Waals surface area contributed by atoms with E-state index in [9.17, 15) is 9.18 Å². The van der Waals surface area contributed by atoms with Gasteiger partial charge < -0.3 is 14.5 Å². The quantitative estimate of drug-likeness (QED) is 0.422. The van der Waals surface area contributed by atoms with Crippen LogP contribution < -0.4 is 5.48 Å². The topological polar surface area (TPSA) is 72.6 Å². The first-order valence-corrected chi connectivity index (χ1v) is 10.2. The van der Waals surface area contributed by atoms with Gasteiger partial charge in [0.15, 0.2) is 0 Å². The molecule has 1 aliphatic rings. The van der Waals surface area contributed by atoms with E-state index < -0.39 is 17.5 Å². The second-order valence-corrected chi connectivity index (χ2v) is 7.42. The zero-order chi connectivity index (χ0) is 21.8. The van der Waals surface area contributed by atoms with Gasteiger partial charge in [0.25, 0.3) is 5.91 Å². The number of benzene rings is 2. The third-order valence-electron chi connectivity index (χ3n) is 5.41. The van der Waals surface area contributed by atoms with Gasteiger partial charge in [-0.15, -0.1) is 0 Å². The summed E-state index contributed by atoms with van der Waals surface area (Å²) in [5, 5.41) is 0.00364. The molecule has 0 radical (unpaired) electrons. The molecule has 1 aliphatic heterocycles. The average molecular weight is 430 g/mol. The molecule has 1 aromatic heterocycles. The van der Waals surface area contributed by atoms with Crippen molar-refractivity contribution in [3.05, 3.63) is 59.3 Å². The zero-order valence-corrected chi connectivity index (χ0v) is 17.2. The van der Waals surface area contributed by atoms with Gasteiger partial charge in [-0.05, 0) is 36.5 Å². The number of ether oxygens (including phenoxy) is 2. The van der Waals surface area contributed by atoms with Gasteiger partial charge in [0.1, 0.15) is 11.6 Å². The SMILES string of the molecule is COCCONC(=O)c1c[nH]c2cc(F)c(-c3ccc(C4CCCCO4)cc3)c(F)c12. The van der Waals surface area contributed by atoms with Gasteiger partial charge in [0.05, 0.1) is 36.0 Å². The van der Waals surface area contributed by atoms with Gasteiger partial charge in [0, 0.05) is 25.3 Å². The molecule has 0 aliphatic carbocycles. The fourth-order valence-corrected chi connectivity index (χ4v) is 3.83. The lowest BCUT2D eigenvalue weighted by Crippen LogP contribution is -2.25. The highest BCUT2D eigenvalue weighted by Gasteiger charge is 2.23. The third-order valence-corrected chi connectivity index (χ3v) is 5.41. The molecule has 1 atom stereocenters. The number of hydrogen-bond donors (Lipinski definition) is 2. The molecule has 1 unspecified atom stereocenters. The lowest BCUT2D eigenvalue weighted by molar-refractivity contribution is 0.00898. The van der Waals surface area contributed by atoms with E-state index in [1.165, 1.54) is 19.4 Å². The minimum atomic E-state index is -0.806. The first kappa shape index (κ1) is 21.4. The fraction of sp³-hybridized carbons (Fsp3) is 0.348. The molecule has 164 valence electrons. The number of methoxy groups -OCH3 is 1. The molecule has 2 N–H and O–H groups in total. The maximum atomic E-state index is 15.4. The molecule has 4 rings (SSSR count). The van der Waals surface area contributed by atoms with Crippen molar-refractivity contribution < 1.29 is 27.9 Å². The average Bonchev–Trinajstić information content (AvgIpc) is 3.22. The summed E-state index contributed by atoms with van der Waals surface area (Å²) in [5.41, 5.74) is 3.65. The van der Waals surface area contributed by atoms with E-state index >= 15 is 4.39 Å². The maximum Gasteiger partial charge on any atom is 0.277 e. The van der Waals surface area contributed by atoms with Gasteiger partial charge >= 0.3 is 0 Å². The van der Waals surface area contributed by atoms with Gasteiger partial charge in [-0.25, -0.2) is 14.3 Å². The Balaban J connectivity index is 1.64. The molecule has 1 saturated heterocycles. The van der Waals surface area contributed by atoms with Crippen LogP contribution in [0.4, 0.5) is 8.78 Å². The van der Waals surface area contributed by atoms with Crippen molar-refractivity contribution in [1.29, 1.82) is 0 Å². The van der Waals surface area contributed by atoms with E-state index in [1.54, 1.807) is 12.1 Å². The van der Waals surface area contributed by atoms with Crippen molar-refractivity contribution in [2.45, 2.75) is 25.4 Å². The standard InChI is InChI=1S/C23H24F2N2O4/c1-29-10-11-31-27-23(28)16-13-26-18-12-17(24)20(22(25)21(16)18)15-7-5-14(6-8-15)19-4-2-3-9-30-19/h5-8,12-13,19,26H,2-4,9-11H2,1H3,(H,27,28). The van der Waals surface area contributed by atoms with Crippen LogP contribution in [0.25, 0.3) is 22.0 Å². The molecule has 2 heterocycles. The third kappa shape index (κ3) is 4.46. The van der Waals surface area contributed by atoms with Crippen LogP contribution in [0.15, 0.2) is 36.5 Å². The molecule has 0 saturated carbocycles. The number of carbonyl (C=O) groups excluding carboxylic acids is 1. The van der Waals surface area contributed by atoms with Crippen molar-refractivity contribution >= 4 is 16.8 Å². The van der Waals surface area contributed by atoms with Gasteiger partial charge in [-0.3, -0.25) is 9.63 Å². The summed E-state index contributed by atoms with van der Waals surface area (Å²) in [7, 11) is 1.50. The van der Waals surface area contributed by atoms with Crippen molar-refractivity contribution in [2.24, 2.45) is 0 Å². The number of nitrogens with one attached hydrogen (secondary N) is 2. The van der Waals surface area contributed by atoms with Crippen molar-refractivity contribution in [1.82, 2.24) is 10.5 Å². The van der Waals surface area contributed by atoms with Crippen LogP contribution in [0.5, 0.6) is 0 Å². The normalized spacial score (nSPS) is 16.5. The van der Waals surface area contributed by atoms with Crippen LogP contribution in [0.3, 0.4) is 0 Å². The summed E-state index contributed by atoms with van der Waals surface area (Å²) < 4.78 is 40.9. The number of halogens is 2. The molecule has 0 spiro atoms. The summed E-state index contributed by atoms with van der Waals surface area (Å²) in [6.07, 6.45) is 4.42. The number of amides is 1. The Morgan fingerprint density at radius 3 is 2.74 bits per heavy atom. The summed E-state index contributed by atoms with van der Waals surface area (Å²) >= 11 is 0. The highest BCUT2D eigenvalue weighted by Crippen LogP contribution is 2.35. The van der Waals surface area contributed by atoms with Crippen LogP contribution in [-0.4, -0.2) is 37.8 Å². The number of hydrogen-bond acceptors (Lipinski definition) is 4. The molecule has 31 heavy (non-hydrogen) atoms. The zero-order valence-electron chi connectivity index (χ0n) is 17.2. The smallest absolute Gasteiger partial charge is 0.277 e. The second kappa shape index (κ2) is 9.55. The van der Waals surface area contributed by atoms with E-state index in [-0.39, 0.29) is 34.7 Å². The van der Waals surface area contributed by atoms with Crippen LogP contribution in [-0.2, 0) is 14.3 Å². The lowest BCUT2D eigenvalue weighted by atomic mass is 9.96. The number of H-pyrrole nitrogens is 1. The monoisotopic (exact) mass is 430 g/mol. The predicted molar refractivity (Wildman–Crippen MR) is 111 cm³/mol. The predicted octanol–water partition coefficient (Wildman–Crippen LogP) is 4.66. The van der Waals surface area contributed by atoms with E-state index in [0.717, 1.165) is 31.4 Å². The van der Waals surface area contributed by atoms with Crippen LogP contribution >= 0.6 is 0 Å². The summed E-state index contributed by atoms with van der Waals surface area (Å²) in [5.74, 6) is -2.15. The van der Waals surface area contributed by atoms with Gasteiger partial charge in [0.2, 0.25) is 0 Å². The van der Waals surface area contributed by atoms with Gasteiger partial charge in [-0.1, -0.05) is 24.3 Å². The van der Waals surface area contributed by atoms with Crippen LogP contribution in [0.1, 0.15) is 41.3 Å². The number of carbonyl (C=O) groups is 1. The number of hydroxylamine groups is 1. The number of aromatic nitrogens is 1. The second-order valence-electron chi connectivity index (χ2n) is 7.42. The molecular weight excluding hydrogens is 406 g/mol. The van der Waals surface area contributed by atoms with Crippen molar-refractivity contribution in [3.63, 3.8) is 0 Å². The minimum Gasteiger partial charge on any atom is -0.382 e. The Labute approximate surface area is 178 Å². The first-order chi connectivity index (χ1) is 15.1. The Morgan fingerprint density at radius 1 is 1.23 bits per heavy atom. The number of rotatable bonds is 7. The van der Waals surface area contributed by atoms with Crippen molar-refractivity contribution in [3.8, 4) is 11.1 Å². The Morgan fingerprint density at radius 2 is 2.03 bits per heavy atom. The Bertz CT molecular complexity index is 1060. The highest BCUT2D eigenvalue weighted by atomic mass is 19.1. The number of aromatic amines is 1. The van der Waals surface area contributed by atoms with E-state index in [1.807, 2.05) is 12.1 Å². The van der Waals surface area contributed by atoms with E-state index in [4.69, 9.17) is 14.3 Å². The van der Waals surface area contributed by atoms with Crippen LogP contribution in [0.2, 0.25) is 0 Å². The Kier molecular flexibility index (Phi) is 6.60. The van der Waals surface area contributed by atoms with Gasteiger partial charge in [-0.2, -0.15) is 0 Å². The fourth-order valence-electron chi connectivity index (χ4n) is 3.83. The Hall–Kier alpha value is -2.81.